The number of H-pyrrole nitrogens is 1. The highest BCUT2D eigenvalue weighted by atomic mass is 35.5. The van der Waals surface area contributed by atoms with Crippen molar-refractivity contribution in [3.63, 3.8) is 0 Å². The molecule has 6 heteroatoms. The smallest absolute Gasteiger partial charge is 0.309 e. The molecule has 96 valence electrons. The number of hydrogen-bond donors (Lipinski definition) is 1. The van der Waals surface area contributed by atoms with Crippen LogP contribution in [0.4, 0.5) is 0 Å². The fraction of sp³-hybridized carbons (Fsp3) is 0.636. The molecule has 0 spiro atoms. The molecule has 1 unspecified atom stereocenters. The molecule has 0 radical (unpaired) electrons. The summed E-state index contributed by atoms with van der Waals surface area (Å²) < 4.78 is 1.23. The molecule has 1 N–H and O–H groups in total. The third-order valence-corrected chi connectivity index (χ3v) is 3.12. The van der Waals surface area contributed by atoms with Gasteiger partial charge in [-0.25, -0.2) is 4.79 Å². The fourth-order valence-corrected chi connectivity index (χ4v) is 1.75. The van der Waals surface area contributed by atoms with Gasteiger partial charge in [0, 0.05) is 11.6 Å². The number of rotatable bonds is 4. The van der Waals surface area contributed by atoms with Crippen LogP contribution in [0.15, 0.2) is 9.59 Å². The summed E-state index contributed by atoms with van der Waals surface area (Å²) in [5, 5.41) is 0.121. The van der Waals surface area contributed by atoms with E-state index in [1.54, 1.807) is 6.92 Å². The van der Waals surface area contributed by atoms with Gasteiger partial charge in [0.15, 0.2) is 0 Å². The summed E-state index contributed by atoms with van der Waals surface area (Å²) in [6.07, 6.45) is 0.733. The van der Waals surface area contributed by atoms with Crippen LogP contribution in [0.2, 0.25) is 5.15 Å². The molecule has 0 saturated heterocycles. The van der Waals surface area contributed by atoms with Gasteiger partial charge in [-0.1, -0.05) is 11.6 Å². The lowest BCUT2D eigenvalue weighted by Crippen LogP contribution is -2.39. The summed E-state index contributed by atoms with van der Waals surface area (Å²) in [4.78, 5) is 28.1. The van der Waals surface area contributed by atoms with Crippen LogP contribution in [0.25, 0.3) is 0 Å². The van der Waals surface area contributed by atoms with E-state index in [0.717, 1.165) is 13.0 Å². The first-order chi connectivity index (χ1) is 7.84. The topological polar surface area (TPSA) is 58.1 Å². The van der Waals surface area contributed by atoms with E-state index in [1.165, 1.54) is 4.57 Å². The highest BCUT2D eigenvalue weighted by Crippen LogP contribution is 2.08. The Hall–Kier alpha value is -1.07. The van der Waals surface area contributed by atoms with Gasteiger partial charge in [0.1, 0.15) is 5.15 Å². The van der Waals surface area contributed by atoms with Crippen LogP contribution in [0.5, 0.6) is 0 Å². The normalized spacial score (nSPS) is 13.1. The Labute approximate surface area is 105 Å². The predicted octanol–water partition coefficient (Wildman–Crippen LogP) is 1.01. The maximum atomic E-state index is 11.9. The SMILES string of the molecule is Cc1c(Cl)[nH]c(=O)n(C(C)CCN(C)C)c1=O. The molecule has 5 nitrogen and oxygen atoms in total. The van der Waals surface area contributed by atoms with E-state index in [-0.39, 0.29) is 16.8 Å². The van der Waals surface area contributed by atoms with E-state index >= 15 is 0 Å². The Morgan fingerprint density at radius 2 is 2.00 bits per heavy atom. The number of nitrogens with zero attached hydrogens (tertiary/aromatic N) is 2. The molecule has 0 aliphatic heterocycles. The Morgan fingerprint density at radius 1 is 1.41 bits per heavy atom. The maximum absolute atomic E-state index is 11.9. The van der Waals surface area contributed by atoms with Gasteiger partial charge in [0.2, 0.25) is 0 Å². The first-order valence-corrected chi connectivity index (χ1v) is 5.88. The van der Waals surface area contributed by atoms with Gasteiger partial charge in [0.05, 0.1) is 0 Å². The van der Waals surface area contributed by atoms with Gasteiger partial charge >= 0.3 is 5.69 Å². The van der Waals surface area contributed by atoms with Crippen molar-refractivity contribution >= 4 is 11.6 Å². The van der Waals surface area contributed by atoms with E-state index in [2.05, 4.69) is 4.98 Å². The van der Waals surface area contributed by atoms with Gasteiger partial charge in [-0.15, -0.1) is 0 Å². The van der Waals surface area contributed by atoms with Crippen LogP contribution in [0.1, 0.15) is 24.9 Å². The lowest BCUT2D eigenvalue weighted by molar-refractivity contribution is 0.349. The number of hydrogen-bond acceptors (Lipinski definition) is 3. The molecule has 0 aromatic carbocycles. The van der Waals surface area contributed by atoms with Crippen molar-refractivity contribution in [2.45, 2.75) is 26.3 Å². The highest BCUT2D eigenvalue weighted by molar-refractivity contribution is 6.30. The molecule has 1 atom stereocenters. The van der Waals surface area contributed by atoms with Crippen LogP contribution in [0, 0.1) is 6.92 Å². The van der Waals surface area contributed by atoms with E-state index < -0.39 is 5.69 Å². The molecule has 1 aromatic heterocycles. The molecule has 0 saturated carbocycles. The molecular weight excluding hydrogens is 242 g/mol. The van der Waals surface area contributed by atoms with Crippen LogP contribution in [0.3, 0.4) is 0 Å². The van der Waals surface area contributed by atoms with E-state index in [0.29, 0.717) is 5.56 Å². The average molecular weight is 260 g/mol. The molecule has 0 aliphatic rings. The second-order valence-corrected chi connectivity index (χ2v) is 4.86. The molecule has 1 rings (SSSR count). The quantitative estimate of drug-likeness (QED) is 0.821. The van der Waals surface area contributed by atoms with Gasteiger partial charge in [-0.3, -0.25) is 14.3 Å². The summed E-state index contributed by atoms with van der Waals surface area (Å²) in [7, 11) is 3.90. The molecule has 17 heavy (non-hydrogen) atoms. The standard InChI is InChI=1S/C11H18ClN3O2/c1-7(5-6-14(3)4)15-10(16)8(2)9(12)13-11(15)17/h7H,5-6H2,1-4H3,(H,13,17). The van der Waals surface area contributed by atoms with Crippen molar-refractivity contribution in [1.82, 2.24) is 14.5 Å². The van der Waals surface area contributed by atoms with Crippen molar-refractivity contribution in [3.8, 4) is 0 Å². The first-order valence-electron chi connectivity index (χ1n) is 5.50. The summed E-state index contributed by atoms with van der Waals surface area (Å²) in [5.41, 5.74) is -0.384. The van der Waals surface area contributed by atoms with Crippen LogP contribution < -0.4 is 11.2 Å². The Morgan fingerprint density at radius 3 is 2.53 bits per heavy atom. The van der Waals surface area contributed by atoms with E-state index in [1.807, 2.05) is 25.9 Å². The lowest BCUT2D eigenvalue weighted by Gasteiger charge is -2.17. The van der Waals surface area contributed by atoms with Gasteiger partial charge in [-0.05, 0) is 40.9 Å². The third-order valence-electron chi connectivity index (χ3n) is 2.74. The van der Waals surface area contributed by atoms with Crippen molar-refractivity contribution in [1.29, 1.82) is 0 Å². The number of aromatic amines is 1. The predicted molar refractivity (Wildman–Crippen MR) is 69.0 cm³/mol. The monoisotopic (exact) mass is 259 g/mol. The molecule has 0 aliphatic carbocycles. The molecule has 0 fully saturated rings. The minimum absolute atomic E-state index is 0.121. The van der Waals surface area contributed by atoms with Crippen LogP contribution >= 0.6 is 11.6 Å². The zero-order valence-electron chi connectivity index (χ0n) is 10.6. The maximum Gasteiger partial charge on any atom is 0.329 e. The number of halogens is 1. The molecule has 1 aromatic rings. The number of nitrogens with one attached hydrogen (secondary N) is 1. The largest absolute Gasteiger partial charge is 0.329 e. The lowest BCUT2D eigenvalue weighted by atomic mass is 10.2. The number of aromatic nitrogens is 2. The zero-order valence-corrected chi connectivity index (χ0v) is 11.3. The molecule has 0 bridgehead atoms. The second-order valence-electron chi connectivity index (χ2n) is 4.49. The van der Waals surface area contributed by atoms with Crippen molar-refractivity contribution in [3.05, 3.63) is 31.6 Å². The average Bonchev–Trinajstić information content (AvgIpc) is 2.23. The van der Waals surface area contributed by atoms with Gasteiger partial charge in [0.25, 0.3) is 5.56 Å². The summed E-state index contributed by atoms with van der Waals surface area (Å²) in [6.45, 7) is 4.28. The molecule has 1 heterocycles. The Kier molecular flexibility index (Phi) is 4.54. The van der Waals surface area contributed by atoms with Gasteiger partial charge in [-0.2, -0.15) is 0 Å². The Balaban J connectivity index is 3.10. The zero-order chi connectivity index (χ0) is 13.2. The van der Waals surface area contributed by atoms with Crippen LogP contribution in [-0.2, 0) is 0 Å². The van der Waals surface area contributed by atoms with Crippen LogP contribution in [-0.4, -0.2) is 35.1 Å². The highest BCUT2D eigenvalue weighted by Gasteiger charge is 2.14. The van der Waals surface area contributed by atoms with Crippen molar-refractivity contribution < 1.29 is 0 Å². The third kappa shape index (κ3) is 3.20. The molecule has 0 amide bonds. The van der Waals surface area contributed by atoms with Gasteiger partial charge < -0.3 is 4.90 Å². The van der Waals surface area contributed by atoms with E-state index in [4.69, 9.17) is 11.6 Å². The molecular formula is C11H18ClN3O2. The minimum atomic E-state index is -0.447. The fourth-order valence-electron chi connectivity index (χ4n) is 1.59. The Bertz CT molecular complexity index is 504. The summed E-state index contributed by atoms with van der Waals surface area (Å²) in [6, 6.07) is -0.149. The minimum Gasteiger partial charge on any atom is -0.309 e. The van der Waals surface area contributed by atoms with Crippen molar-refractivity contribution in [2.75, 3.05) is 20.6 Å². The summed E-state index contributed by atoms with van der Waals surface area (Å²) in [5.74, 6) is 0. The van der Waals surface area contributed by atoms with Crippen molar-refractivity contribution in [2.24, 2.45) is 0 Å². The first kappa shape index (κ1) is 14.0. The summed E-state index contributed by atoms with van der Waals surface area (Å²) >= 11 is 5.75. The van der Waals surface area contributed by atoms with E-state index in [9.17, 15) is 9.59 Å². The second kappa shape index (κ2) is 5.51.